The van der Waals surface area contributed by atoms with Gasteiger partial charge in [-0.3, -0.25) is 14.9 Å². The minimum absolute atomic E-state index is 0.0602. The SMILES string of the molecule is CC(C)(C)c1nc2ccc(Br)cc2c(=O)n1N=Cc1cn(Cc2ccc([N+](=O)[O-])cc2)c2ccccc12. The molecule has 5 rings (SSSR count). The fourth-order valence-corrected chi connectivity index (χ4v) is 4.65. The van der Waals surface area contributed by atoms with Crippen LogP contribution in [0, 0.1) is 10.1 Å². The van der Waals surface area contributed by atoms with Gasteiger partial charge in [0.2, 0.25) is 0 Å². The van der Waals surface area contributed by atoms with Crippen LogP contribution >= 0.6 is 15.9 Å². The molecule has 0 atom stereocenters. The first-order chi connectivity index (χ1) is 17.6. The summed E-state index contributed by atoms with van der Waals surface area (Å²) in [6.45, 7) is 6.54. The Labute approximate surface area is 221 Å². The molecule has 2 aromatic heterocycles. The van der Waals surface area contributed by atoms with Crippen LogP contribution in [0.25, 0.3) is 21.8 Å². The zero-order chi connectivity index (χ0) is 26.3. The normalized spacial score (nSPS) is 12.1. The second kappa shape index (κ2) is 9.40. The van der Waals surface area contributed by atoms with Crippen LogP contribution in [-0.4, -0.2) is 25.4 Å². The van der Waals surface area contributed by atoms with E-state index in [0.717, 1.165) is 26.5 Å². The maximum absolute atomic E-state index is 13.5. The number of para-hydroxylation sites is 1. The molecule has 5 aromatic rings. The minimum atomic E-state index is -0.415. The molecule has 0 saturated carbocycles. The third kappa shape index (κ3) is 4.82. The molecule has 0 spiro atoms. The van der Waals surface area contributed by atoms with Crippen molar-refractivity contribution in [1.82, 2.24) is 14.2 Å². The molecule has 0 saturated heterocycles. The van der Waals surface area contributed by atoms with Gasteiger partial charge in [-0.05, 0) is 29.8 Å². The monoisotopic (exact) mass is 557 g/mol. The number of fused-ring (bicyclic) bond motifs is 2. The number of nitro benzene ring substituents is 1. The van der Waals surface area contributed by atoms with E-state index in [2.05, 4.69) is 25.6 Å². The maximum Gasteiger partial charge on any atom is 0.282 e. The highest BCUT2D eigenvalue weighted by atomic mass is 79.9. The number of nitrogens with zero attached hydrogens (tertiary/aromatic N) is 5. The molecule has 9 heteroatoms. The Morgan fingerprint density at radius 2 is 1.78 bits per heavy atom. The highest BCUT2D eigenvalue weighted by Crippen LogP contribution is 2.25. The van der Waals surface area contributed by atoms with Crippen molar-refractivity contribution in [3.8, 4) is 0 Å². The summed E-state index contributed by atoms with van der Waals surface area (Å²) < 4.78 is 4.25. The molecule has 0 aliphatic carbocycles. The number of aromatic nitrogens is 3. The van der Waals surface area contributed by atoms with Gasteiger partial charge in [0.25, 0.3) is 11.2 Å². The van der Waals surface area contributed by atoms with Gasteiger partial charge in [0.05, 0.1) is 22.0 Å². The van der Waals surface area contributed by atoms with Crippen molar-refractivity contribution in [2.24, 2.45) is 5.10 Å². The van der Waals surface area contributed by atoms with Gasteiger partial charge < -0.3 is 4.57 Å². The molecule has 2 heterocycles. The zero-order valence-electron chi connectivity index (χ0n) is 20.6. The molecule has 0 N–H and O–H groups in total. The van der Waals surface area contributed by atoms with Crippen LogP contribution in [0.1, 0.15) is 37.7 Å². The molecule has 8 nitrogen and oxygen atoms in total. The molecule has 0 fully saturated rings. The lowest BCUT2D eigenvalue weighted by Crippen LogP contribution is -2.29. The number of rotatable bonds is 5. The molecular formula is C28H24BrN5O3. The summed E-state index contributed by atoms with van der Waals surface area (Å²) in [6.07, 6.45) is 3.67. The number of halogens is 1. The van der Waals surface area contributed by atoms with E-state index in [1.165, 1.54) is 16.8 Å². The predicted octanol–water partition coefficient (Wildman–Crippen LogP) is 6.25. The second-order valence-electron chi connectivity index (χ2n) is 9.86. The van der Waals surface area contributed by atoms with Gasteiger partial charge in [-0.25, -0.2) is 4.98 Å². The van der Waals surface area contributed by atoms with Crippen LogP contribution in [0.2, 0.25) is 0 Å². The van der Waals surface area contributed by atoms with Crippen LogP contribution in [0.3, 0.4) is 0 Å². The van der Waals surface area contributed by atoms with E-state index in [4.69, 9.17) is 4.98 Å². The third-order valence-corrected chi connectivity index (χ3v) is 6.60. The van der Waals surface area contributed by atoms with Crippen molar-refractivity contribution in [1.29, 1.82) is 0 Å². The highest BCUT2D eigenvalue weighted by molar-refractivity contribution is 9.10. The largest absolute Gasteiger partial charge is 0.342 e. The Morgan fingerprint density at radius 1 is 1.05 bits per heavy atom. The number of hydrogen-bond donors (Lipinski definition) is 0. The van der Waals surface area contributed by atoms with Crippen molar-refractivity contribution in [2.75, 3.05) is 0 Å². The third-order valence-electron chi connectivity index (χ3n) is 6.11. The topological polar surface area (TPSA) is 95.3 Å². The molecule has 0 bridgehead atoms. The first-order valence-corrected chi connectivity index (χ1v) is 12.5. The van der Waals surface area contributed by atoms with Crippen molar-refractivity contribution in [3.63, 3.8) is 0 Å². The van der Waals surface area contributed by atoms with Crippen LogP contribution < -0.4 is 5.56 Å². The number of hydrogen-bond acceptors (Lipinski definition) is 5. The van der Waals surface area contributed by atoms with E-state index in [0.29, 0.717) is 23.3 Å². The summed E-state index contributed by atoms with van der Waals surface area (Å²) >= 11 is 3.44. The van der Waals surface area contributed by atoms with Crippen molar-refractivity contribution >= 4 is 49.6 Å². The summed E-state index contributed by atoms with van der Waals surface area (Å²) in [5.74, 6) is 0.568. The maximum atomic E-state index is 13.5. The molecule has 186 valence electrons. The average Bonchev–Trinajstić information content (AvgIpc) is 3.20. The highest BCUT2D eigenvalue weighted by Gasteiger charge is 2.23. The van der Waals surface area contributed by atoms with E-state index in [9.17, 15) is 14.9 Å². The standard InChI is InChI=1S/C28H24BrN5O3/c1-28(2,3)27-31-24-13-10-20(29)14-23(24)26(35)33(27)30-15-19-17-32(25-7-5-4-6-22(19)25)16-18-8-11-21(12-9-18)34(36)37/h4-15,17H,16H2,1-3H3. The molecule has 0 unspecified atom stereocenters. The Hall–Kier alpha value is -4.11. The molecule has 0 aliphatic heterocycles. The smallest absolute Gasteiger partial charge is 0.282 e. The van der Waals surface area contributed by atoms with E-state index in [1.54, 1.807) is 24.4 Å². The Balaban J connectivity index is 1.60. The quantitative estimate of drug-likeness (QED) is 0.145. The number of benzene rings is 3. The predicted molar refractivity (Wildman–Crippen MR) is 150 cm³/mol. The van der Waals surface area contributed by atoms with Gasteiger partial charge in [-0.15, -0.1) is 0 Å². The van der Waals surface area contributed by atoms with Gasteiger partial charge in [0.15, 0.2) is 0 Å². The second-order valence-corrected chi connectivity index (χ2v) is 10.8. The van der Waals surface area contributed by atoms with Gasteiger partial charge >= 0.3 is 0 Å². The summed E-state index contributed by atoms with van der Waals surface area (Å²) in [6, 6.07) is 19.9. The van der Waals surface area contributed by atoms with E-state index >= 15 is 0 Å². The Bertz CT molecular complexity index is 1740. The van der Waals surface area contributed by atoms with Crippen LogP contribution in [-0.2, 0) is 12.0 Å². The molecule has 0 amide bonds. The molecule has 0 radical (unpaired) electrons. The van der Waals surface area contributed by atoms with Crippen molar-refractivity contribution in [2.45, 2.75) is 32.7 Å². The number of nitro groups is 1. The Kier molecular flexibility index (Phi) is 6.25. The van der Waals surface area contributed by atoms with Crippen LogP contribution in [0.5, 0.6) is 0 Å². The summed E-state index contributed by atoms with van der Waals surface area (Å²) in [5, 5.41) is 17.1. The first-order valence-electron chi connectivity index (χ1n) is 11.7. The zero-order valence-corrected chi connectivity index (χ0v) is 22.1. The molecule has 37 heavy (non-hydrogen) atoms. The van der Waals surface area contributed by atoms with Gasteiger partial charge in [-0.2, -0.15) is 9.78 Å². The summed E-state index contributed by atoms with van der Waals surface area (Å²) in [4.78, 5) is 28.9. The van der Waals surface area contributed by atoms with Crippen molar-refractivity contribution < 1.29 is 4.92 Å². The van der Waals surface area contributed by atoms with Gasteiger partial charge in [-0.1, -0.05) is 67.0 Å². The average molecular weight is 558 g/mol. The first kappa shape index (κ1) is 24.6. The number of non-ortho nitro benzene ring substituents is 1. The van der Waals surface area contributed by atoms with Crippen LogP contribution in [0.4, 0.5) is 5.69 Å². The van der Waals surface area contributed by atoms with E-state index in [1.807, 2.05) is 63.4 Å². The molecular weight excluding hydrogens is 534 g/mol. The lowest BCUT2D eigenvalue weighted by atomic mass is 9.95. The van der Waals surface area contributed by atoms with Gasteiger partial charge in [0.1, 0.15) is 5.82 Å². The molecule has 0 aliphatic rings. The lowest BCUT2D eigenvalue weighted by Gasteiger charge is -2.20. The van der Waals surface area contributed by atoms with Crippen LogP contribution in [0.15, 0.2) is 87.3 Å². The van der Waals surface area contributed by atoms with Crippen molar-refractivity contribution in [3.05, 3.63) is 115 Å². The lowest BCUT2D eigenvalue weighted by molar-refractivity contribution is -0.384. The minimum Gasteiger partial charge on any atom is -0.342 e. The summed E-state index contributed by atoms with van der Waals surface area (Å²) in [5.41, 5.74) is 2.81. The van der Waals surface area contributed by atoms with E-state index < -0.39 is 10.3 Å². The molecule has 3 aromatic carbocycles. The summed E-state index contributed by atoms with van der Waals surface area (Å²) in [7, 11) is 0. The van der Waals surface area contributed by atoms with E-state index in [-0.39, 0.29) is 11.2 Å². The van der Waals surface area contributed by atoms with Gasteiger partial charge in [0, 0.05) is 51.2 Å². The fourth-order valence-electron chi connectivity index (χ4n) is 4.29. The fraction of sp³-hybridized carbons (Fsp3) is 0.179. The Morgan fingerprint density at radius 3 is 2.49 bits per heavy atom.